The third kappa shape index (κ3) is 19.1. The molecule has 2 heterocycles. The van der Waals surface area contributed by atoms with Gasteiger partial charge in [-0.15, -0.1) is 0 Å². The number of carbonyl (C=O) groups excluding carboxylic acids is 8. The molecule has 26 nitrogen and oxygen atoms in total. The average molecular weight is 1060 g/mol. The van der Waals surface area contributed by atoms with E-state index in [0.717, 1.165) is 0 Å². The number of likely N-dealkylation sites (tertiary alicyclic amines) is 1. The van der Waals surface area contributed by atoms with Gasteiger partial charge in [0.1, 0.15) is 48.0 Å². The second-order valence-corrected chi connectivity index (χ2v) is 18.8. The van der Waals surface area contributed by atoms with Crippen molar-refractivity contribution in [3.05, 3.63) is 48.0 Å². The van der Waals surface area contributed by atoms with Crippen molar-refractivity contribution in [1.29, 1.82) is 0 Å². The lowest BCUT2D eigenvalue weighted by Gasteiger charge is -2.31. The standard InChI is InChI=1S/C47H74N14O12S/c1-7-25(4)37(44(70)56-32(19-28-20-51-23-53-28)40(66)57-33(22-74)45(71)61-17-9-11-34(61)42(68)60-38(26(5)62)46(72)73)59-41(67)31(18-27-12-14-29(63)15-13-27)55-43(69)36(24(2)3)58-39(65)30(54-35(64)21-50-6)10-8-16-52-47(48)49/h12-15,20,23-26,30-34,36-38,50,62-63,74H,7-11,16-19,21-22H2,1-6H3,(H,51,53)(H,54,64)(H,55,69)(H,56,70)(H,57,66)(H,58,65)(H,59,67)(H,60,68)(H,72,73)(H4,48,49,52)/t25-,26+,30-,31-,32-,33-,34-,36-,37-,38-/m0/s1. The number of nitrogens with one attached hydrogen (secondary N) is 9. The summed E-state index contributed by atoms with van der Waals surface area (Å²) in [6, 6.07) is -4.68. The minimum Gasteiger partial charge on any atom is -0.508 e. The summed E-state index contributed by atoms with van der Waals surface area (Å²) < 4.78 is 0. The van der Waals surface area contributed by atoms with E-state index in [2.05, 4.69) is 70.1 Å². The maximum atomic E-state index is 14.5. The molecule has 0 bridgehead atoms. The number of aliphatic hydroxyl groups excluding tert-OH is 1. The second-order valence-electron chi connectivity index (χ2n) is 18.5. The van der Waals surface area contributed by atoms with Crippen LogP contribution in [-0.2, 0) is 56.0 Å². The number of imidazole rings is 1. The van der Waals surface area contributed by atoms with Gasteiger partial charge in [-0.3, -0.25) is 43.3 Å². The molecule has 1 aliphatic heterocycles. The lowest BCUT2D eigenvalue weighted by atomic mass is 9.96. The first-order valence-electron chi connectivity index (χ1n) is 24.4. The SMILES string of the molecule is CC[C@H](C)[C@H](NC(=O)[C@H](Cc1ccc(O)cc1)NC(=O)[C@@H](NC(=O)[C@H](CCCN=C(N)N)NC(=O)CNC)C(C)C)C(=O)N[C@@H](Cc1cnc[nH]1)C(=O)N[C@@H](CS)C(=O)N1CCC[C@H]1C(=O)N[C@H](C(=O)O)[C@@H](C)O. The number of H-pyrrole nitrogens is 1. The number of guanidine groups is 1. The highest BCUT2D eigenvalue weighted by molar-refractivity contribution is 7.80. The fourth-order valence-corrected chi connectivity index (χ4v) is 8.20. The van der Waals surface area contributed by atoms with E-state index in [1.165, 1.54) is 48.6 Å². The van der Waals surface area contributed by atoms with E-state index in [4.69, 9.17) is 11.5 Å². The molecule has 3 rings (SSSR count). The van der Waals surface area contributed by atoms with Crippen LogP contribution in [0, 0.1) is 11.8 Å². The molecule has 10 atom stereocenters. The zero-order valence-electron chi connectivity index (χ0n) is 42.6. The smallest absolute Gasteiger partial charge is 0.328 e. The molecule has 0 spiro atoms. The van der Waals surface area contributed by atoms with Crippen molar-refractivity contribution >= 4 is 71.8 Å². The number of rotatable bonds is 30. The number of likely N-dealkylation sites (N-methyl/N-ethyl adjacent to an activating group) is 1. The number of aliphatic imine (C=N–C) groups is 1. The van der Waals surface area contributed by atoms with E-state index in [1.807, 2.05) is 0 Å². The molecule has 74 heavy (non-hydrogen) atoms. The average Bonchev–Trinajstić information content (AvgIpc) is 4.07. The number of aliphatic hydroxyl groups is 1. The first-order valence-corrected chi connectivity index (χ1v) is 25.0. The molecule has 1 aliphatic rings. The fourth-order valence-electron chi connectivity index (χ4n) is 7.95. The molecule has 16 N–H and O–H groups in total. The molecule has 1 saturated heterocycles. The first-order chi connectivity index (χ1) is 35.0. The normalized spacial score (nSPS) is 16.9. The van der Waals surface area contributed by atoms with Gasteiger partial charge < -0.3 is 79.2 Å². The van der Waals surface area contributed by atoms with E-state index in [1.54, 1.807) is 34.7 Å². The van der Waals surface area contributed by atoms with Gasteiger partial charge in [-0.1, -0.05) is 46.2 Å². The summed E-state index contributed by atoms with van der Waals surface area (Å²) in [6.45, 7) is 8.15. The number of benzene rings is 1. The van der Waals surface area contributed by atoms with Crippen LogP contribution in [0.5, 0.6) is 5.75 Å². The van der Waals surface area contributed by atoms with Crippen LogP contribution in [0.2, 0.25) is 0 Å². The van der Waals surface area contributed by atoms with Crippen LogP contribution in [0.3, 0.4) is 0 Å². The number of nitrogens with zero attached hydrogens (tertiary/aromatic N) is 3. The maximum Gasteiger partial charge on any atom is 0.328 e. The Balaban J connectivity index is 1.90. The van der Waals surface area contributed by atoms with Gasteiger partial charge in [0.15, 0.2) is 12.0 Å². The van der Waals surface area contributed by atoms with Crippen molar-refractivity contribution < 1.29 is 58.5 Å². The number of aromatic nitrogens is 2. The highest BCUT2D eigenvalue weighted by Crippen LogP contribution is 2.20. The number of aliphatic carboxylic acids is 1. The monoisotopic (exact) mass is 1060 g/mol. The molecule has 1 aromatic carbocycles. The number of carboxylic acids is 1. The number of hydrogen-bond donors (Lipinski definition) is 15. The molecule has 2 aromatic rings. The van der Waals surface area contributed by atoms with Crippen molar-refractivity contribution in [1.82, 2.24) is 57.4 Å². The number of aromatic hydroxyl groups is 1. The number of hydrogen-bond acceptors (Lipinski definition) is 15. The zero-order valence-corrected chi connectivity index (χ0v) is 43.4. The highest BCUT2D eigenvalue weighted by Gasteiger charge is 2.41. The zero-order chi connectivity index (χ0) is 55.2. The Hall–Kier alpha value is -7.00. The number of nitrogens with two attached hydrogens (primary N) is 2. The maximum absolute atomic E-state index is 14.5. The minimum atomic E-state index is -1.64. The van der Waals surface area contributed by atoms with E-state index < -0.39 is 120 Å². The summed E-state index contributed by atoms with van der Waals surface area (Å²) in [7, 11) is 1.56. The Morgan fingerprint density at radius 1 is 0.811 bits per heavy atom. The summed E-state index contributed by atoms with van der Waals surface area (Å²) in [5.74, 6) is -8.99. The van der Waals surface area contributed by atoms with Gasteiger partial charge in [0.05, 0.1) is 19.0 Å². The van der Waals surface area contributed by atoms with Crippen LogP contribution < -0.4 is 54.0 Å². The molecule has 1 aromatic heterocycles. The van der Waals surface area contributed by atoms with Crippen LogP contribution in [0.25, 0.3) is 0 Å². The number of phenolic OH excluding ortho intramolecular Hbond substituents is 1. The molecular formula is C47H74N14O12S. The minimum absolute atomic E-state index is 0.0597. The van der Waals surface area contributed by atoms with Crippen LogP contribution in [0.4, 0.5) is 0 Å². The Morgan fingerprint density at radius 2 is 1.41 bits per heavy atom. The number of carbonyl (C=O) groups is 9. The second kappa shape index (κ2) is 30.3. The van der Waals surface area contributed by atoms with Crippen molar-refractivity contribution in [3.8, 4) is 5.75 Å². The van der Waals surface area contributed by atoms with Crippen LogP contribution in [0.1, 0.15) is 78.0 Å². The number of thiol groups is 1. The number of carboxylic acid groups (broad SMARTS) is 1. The van der Waals surface area contributed by atoms with E-state index in [9.17, 15) is 58.5 Å². The third-order valence-electron chi connectivity index (χ3n) is 12.3. The highest BCUT2D eigenvalue weighted by atomic mass is 32.1. The lowest BCUT2D eigenvalue weighted by molar-refractivity contribution is -0.147. The van der Waals surface area contributed by atoms with Crippen LogP contribution in [0.15, 0.2) is 41.8 Å². The Kier molecular flexibility index (Phi) is 25.1. The number of amides is 8. The van der Waals surface area contributed by atoms with Crippen molar-refractivity contribution in [3.63, 3.8) is 0 Å². The predicted octanol–water partition coefficient (Wildman–Crippen LogP) is -3.34. The Bertz CT molecular complexity index is 2250. The Labute approximate surface area is 435 Å². The lowest BCUT2D eigenvalue weighted by Crippen LogP contribution is -2.62. The molecule has 0 unspecified atom stereocenters. The molecular weight excluding hydrogens is 985 g/mol. The summed E-state index contributed by atoms with van der Waals surface area (Å²) in [5.41, 5.74) is 11.8. The largest absolute Gasteiger partial charge is 0.508 e. The quantitative estimate of drug-likeness (QED) is 0.0157. The summed E-state index contributed by atoms with van der Waals surface area (Å²) in [4.78, 5) is 135. The number of aromatic amines is 1. The van der Waals surface area contributed by atoms with Gasteiger partial charge in [0.2, 0.25) is 47.3 Å². The van der Waals surface area contributed by atoms with Crippen molar-refractivity contribution in [2.24, 2.45) is 28.3 Å². The van der Waals surface area contributed by atoms with Crippen LogP contribution in [-0.4, -0.2) is 176 Å². The van der Waals surface area contributed by atoms with Crippen molar-refractivity contribution in [2.75, 3.05) is 32.4 Å². The van der Waals surface area contributed by atoms with E-state index in [0.29, 0.717) is 30.5 Å². The molecule has 0 aliphatic carbocycles. The fraction of sp³-hybridized carbons (Fsp3) is 0.596. The topological polar surface area (TPSA) is 407 Å². The van der Waals surface area contributed by atoms with E-state index in [-0.39, 0.29) is 62.8 Å². The Morgan fingerprint density at radius 3 is 1.96 bits per heavy atom. The van der Waals surface area contributed by atoms with Crippen LogP contribution >= 0.6 is 12.6 Å². The van der Waals surface area contributed by atoms with Gasteiger partial charge in [0, 0.05) is 43.6 Å². The third-order valence-corrected chi connectivity index (χ3v) is 12.6. The molecule has 8 amide bonds. The van der Waals surface area contributed by atoms with Gasteiger partial charge in [0.25, 0.3) is 0 Å². The van der Waals surface area contributed by atoms with Gasteiger partial charge in [-0.05, 0) is 69.2 Å². The summed E-state index contributed by atoms with van der Waals surface area (Å²) in [5, 5.41) is 50.6. The van der Waals surface area contributed by atoms with Gasteiger partial charge >= 0.3 is 5.97 Å². The molecule has 410 valence electrons. The van der Waals surface area contributed by atoms with Gasteiger partial charge in [-0.25, -0.2) is 9.78 Å². The van der Waals surface area contributed by atoms with Crippen molar-refractivity contribution in [2.45, 2.75) is 134 Å². The molecule has 0 radical (unpaired) electrons. The summed E-state index contributed by atoms with van der Waals surface area (Å²) >= 11 is 4.31. The predicted molar refractivity (Wildman–Crippen MR) is 274 cm³/mol. The van der Waals surface area contributed by atoms with E-state index >= 15 is 0 Å². The summed E-state index contributed by atoms with van der Waals surface area (Å²) in [6.07, 6.45) is 2.32. The molecule has 0 saturated carbocycles. The molecule has 27 heteroatoms. The molecule has 1 fully saturated rings. The van der Waals surface area contributed by atoms with Gasteiger partial charge in [-0.2, -0.15) is 12.6 Å². The first kappa shape index (κ1) is 61.3. The number of phenols is 1.